The van der Waals surface area contributed by atoms with E-state index in [0.717, 1.165) is 6.29 Å². The molecule has 3 nitrogen and oxygen atoms in total. The molecule has 76 valence electrons. The Morgan fingerprint density at radius 2 is 2.13 bits per heavy atom. The second-order valence-corrected chi connectivity index (χ2v) is 2.66. The maximum atomic E-state index is 10.7. The van der Waals surface area contributed by atoms with E-state index in [1.807, 2.05) is 0 Å². The van der Waals surface area contributed by atoms with E-state index in [2.05, 4.69) is 18.3 Å². The lowest BCUT2D eigenvalue weighted by Gasteiger charge is -2.06. The van der Waals surface area contributed by atoms with Crippen molar-refractivity contribution in [2.24, 2.45) is 4.99 Å². The number of aldehydes is 1. The van der Waals surface area contributed by atoms with Crippen molar-refractivity contribution in [3.63, 3.8) is 0 Å². The van der Waals surface area contributed by atoms with Crippen LogP contribution in [0.3, 0.4) is 0 Å². The molecule has 0 aliphatic rings. The number of para-hydroxylation sites is 1. The van der Waals surface area contributed by atoms with Gasteiger partial charge in [0, 0.05) is 6.08 Å². The molecule has 0 amide bonds. The van der Waals surface area contributed by atoms with Gasteiger partial charge in [-0.3, -0.25) is 4.79 Å². The molecule has 0 spiro atoms. The number of nitrogens with zero attached hydrogens (tertiary/aromatic N) is 1. The van der Waals surface area contributed by atoms with Crippen LogP contribution in [0.25, 0.3) is 0 Å². The van der Waals surface area contributed by atoms with Crippen molar-refractivity contribution < 1.29 is 9.53 Å². The average molecular weight is 201 g/mol. The third-order valence-electron chi connectivity index (χ3n) is 1.68. The van der Waals surface area contributed by atoms with Gasteiger partial charge in [-0.05, 0) is 18.9 Å². The Balaban J connectivity index is 2.97. The summed E-state index contributed by atoms with van der Waals surface area (Å²) < 4.78 is 5.36. The largest absolute Gasteiger partial charge is 0.438 e. The minimum atomic E-state index is 0.305. The van der Waals surface area contributed by atoms with Crippen molar-refractivity contribution in [3.8, 4) is 5.75 Å². The molecular weight excluding hydrogens is 190 g/mol. The molecule has 0 atom stereocenters. The SMILES string of the molecule is C=C/C=C(\N=C)Oc1ccccc1C=O. The first-order valence-corrected chi connectivity index (χ1v) is 4.33. The van der Waals surface area contributed by atoms with Gasteiger partial charge < -0.3 is 4.74 Å². The molecule has 1 aromatic rings. The first kappa shape index (κ1) is 10.9. The fourth-order valence-corrected chi connectivity index (χ4v) is 1.00. The number of allylic oxidation sites excluding steroid dienone is 2. The maximum Gasteiger partial charge on any atom is 0.218 e. The molecule has 0 aromatic heterocycles. The number of carbonyl (C=O) groups excluding carboxylic acids is 1. The van der Waals surface area contributed by atoms with Gasteiger partial charge in [-0.25, -0.2) is 4.99 Å². The number of carbonyl (C=O) groups is 1. The zero-order valence-corrected chi connectivity index (χ0v) is 8.22. The highest BCUT2D eigenvalue weighted by Crippen LogP contribution is 2.18. The lowest BCUT2D eigenvalue weighted by atomic mass is 10.2. The summed E-state index contributed by atoms with van der Waals surface area (Å²) in [6, 6.07) is 6.88. The molecule has 15 heavy (non-hydrogen) atoms. The van der Waals surface area contributed by atoms with E-state index < -0.39 is 0 Å². The smallest absolute Gasteiger partial charge is 0.218 e. The normalized spacial score (nSPS) is 10.5. The van der Waals surface area contributed by atoms with Crippen LogP contribution in [0.2, 0.25) is 0 Å². The van der Waals surface area contributed by atoms with Crippen LogP contribution in [0.1, 0.15) is 10.4 Å². The van der Waals surface area contributed by atoms with Crippen molar-refractivity contribution in [1.82, 2.24) is 0 Å². The van der Waals surface area contributed by atoms with Crippen LogP contribution in [0.5, 0.6) is 5.75 Å². The maximum absolute atomic E-state index is 10.7. The van der Waals surface area contributed by atoms with Crippen LogP contribution < -0.4 is 4.74 Å². The number of aliphatic imine (C=N–C) groups is 1. The molecule has 0 unspecified atom stereocenters. The molecule has 0 N–H and O–H groups in total. The molecular formula is C12H11NO2. The van der Waals surface area contributed by atoms with Gasteiger partial charge in [0.2, 0.25) is 5.88 Å². The molecule has 0 aliphatic carbocycles. The Kier molecular flexibility index (Phi) is 4.04. The van der Waals surface area contributed by atoms with Crippen LogP contribution >= 0.6 is 0 Å². The number of hydrogen-bond acceptors (Lipinski definition) is 3. The highest BCUT2D eigenvalue weighted by molar-refractivity contribution is 5.79. The predicted octanol–water partition coefficient (Wildman–Crippen LogP) is 2.61. The molecule has 0 saturated carbocycles. The molecule has 0 radical (unpaired) electrons. The van der Waals surface area contributed by atoms with E-state index in [1.54, 1.807) is 30.3 Å². The molecule has 0 heterocycles. The minimum absolute atomic E-state index is 0.305. The van der Waals surface area contributed by atoms with Crippen molar-refractivity contribution >= 4 is 13.0 Å². The van der Waals surface area contributed by atoms with E-state index in [4.69, 9.17) is 4.74 Å². The van der Waals surface area contributed by atoms with Crippen molar-refractivity contribution in [2.45, 2.75) is 0 Å². The number of benzene rings is 1. The predicted molar refractivity (Wildman–Crippen MR) is 60.3 cm³/mol. The third kappa shape index (κ3) is 2.91. The van der Waals surface area contributed by atoms with Crippen molar-refractivity contribution in [2.75, 3.05) is 0 Å². The van der Waals surface area contributed by atoms with Crippen molar-refractivity contribution in [3.05, 3.63) is 54.4 Å². The van der Waals surface area contributed by atoms with E-state index in [1.165, 1.54) is 6.08 Å². The van der Waals surface area contributed by atoms with Crippen LogP contribution in [-0.4, -0.2) is 13.0 Å². The average Bonchev–Trinajstić information content (AvgIpc) is 2.29. The van der Waals surface area contributed by atoms with E-state index >= 15 is 0 Å². The Morgan fingerprint density at radius 3 is 2.73 bits per heavy atom. The van der Waals surface area contributed by atoms with E-state index in [0.29, 0.717) is 17.2 Å². The van der Waals surface area contributed by atoms with Crippen LogP contribution in [0, 0.1) is 0 Å². The first-order chi connectivity index (χ1) is 7.31. The lowest BCUT2D eigenvalue weighted by molar-refractivity contribution is 0.112. The van der Waals surface area contributed by atoms with Gasteiger partial charge in [0.1, 0.15) is 5.75 Å². The summed E-state index contributed by atoms with van der Waals surface area (Å²) in [7, 11) is 0. The molecule has 0 bridgehead atoms. The standard InChI is InChI=1S/C12H11NO2/c1-3-6-12(13-2)15-11-8-5-4-7-10(11)9-14/h3-9H,1-2H2/b12-6+. The zero-order chi connectivity index (χ0) is 11.1. The van der Waals surface area contributed by atoms with Crippen LogP contribution in [0.15, 0.2) is 53.9 Å². The lowest BCUT2D eigenvalue weighted by Crippen LogP contribution is -1.95. The second kappa shape index (κ2) is 5.54. The Hall–Kier alpha value is -2.16. The summed E-state index contributed by atoms with van der Waals surface area (Å²) >= 11 is 0. The topological polar surface area (TPSA) is 38.7 Å². The number of ether oxygens (including phenoxy) is 1. The number of hydrogen-bond donors (Lipinski definition) is 0. The van der Waals surface area contributed by atoms with E-state index in [-0.39, 0.29) is 0 Å². The van der Waals surface area contributed by atoms with Gasteiger partial charge in [-0.2, -0.15) is 0 Å². The molecule has 1 aromatic carbocycles. The van der Waals surface area contributed by atoms with E-state index in [9.17, 15) is 4.79 Å². The van der Waals surface area contributed by atoms with Gasteiger partial charge >= 0.3 is 0 Å². The zero-order valence-electron chi connectivity index (χ0n) is 8.22. The van der Waals surface area contributed by atoms with Gasteiger partial charge in [0.15, 0.2) is 6.29 Å². The molecule has 0 fully saturated rings. The third-order valence-corrected chi connectivity index (χ3v) is 1.68. The quantitative estimate of drug-likeness (QED) is 0.318. The summed E-state index contributed by atoms with van der Waals surface area (Å²) in [5.41, 5.74) is 0.469. The minimum Gasteiger partial charge on any atom is -0.438 e. The fourth-order valence-electron chi connectivity index (χ4n) is 1.00. The summed E-state index contributed by atoms with van der Waals surface area (Å²) in [6.07, 6.45) is 3.83. The summed E-state index contributed by atoms with van der Waals surface area (Å²) in [4.78, 5) is 14.3. The Labute approximate surface area is 88.4 Å². The Bertz CT molecular complexity index is 408. The van der Waals surface area contributed by atoms with Gasteiger partial charge in [-0.15, -0.1) is 0 Å². The van der Waals surface area contributed by atoms with Gasteiger partial charge in [-0.1, -0.05) is 24.8 Å². The van der Waals surface area contributed by atoms with Crippen molar-refractivity contribution in [1.29, 1.82) is 0 Å². The van der Waals surface area contributed by atoms with Gasteiger partial charge in [0.25, 0.3) is 0 Å². The highest BCUT2D eigenvalue weighted by Gasteiger charge is 2.02. The summed E-state index contributed by atoms with van der Waals surface area (Å²) in [5, 5.41) is 0. The monoisotopic (exact) mass is 201 g/mol. The molecule has 3 heteroatoms. The Morgan fingerprint density at radius 1 is 1.40 bits per heavy atom. The highest BCUT2D eigenvalue weighted by atomic mass is 16.5. The fraction of sp³-hybridized carbons (Fsp3) is 0. The molecule has 0 aliphatic heterocycles. The van der Waals surface area contributed by atoms with Crippen LogP contribution in [0.4, 0.5) is 0 Å². The van der Waals surface area contributed by atoms with Crippen LogP contribution in [-0.2, 0) is 0 Å². The summed E-state index contributed by atoms with van der Waals surface area (Å²) in [5.74, 6) is 0.757. The summed E-state index contributed by atoms with van der Waals surface area (Å²) in [6.45, 7) is 6.87. The second-order valence-electron chi connectivity index (χ2n) is 2.66. The molecule has 1 rings (SSSR count). The number of rotatable bonds is 5. The molecule has 0 saturated heterocycles. The first-order valence-electron chi connectivity index (χ1n) is 4.33. The van der Waals surface area contributed by atoms with Gasteiger partial charge in [0.05, 0.1) is 5.56 Å².